The second kappa shape index (κ2) is 8.32. The van der Waals surface area contributed by atoms with E-state index in [-0.39, 0.29) is 12.4 Å². The maximum absolute atomic E-state index is 12.7. The van der Waals surface area contributed by atoms with Crippen LogP contribution in [0.3, 0.4) is 0 Å². The molecule has 22 heavy (non-hydrogen) atoms. The Morgan fingerprint density at radius 2 is 2.27 bits per heavy atom. The molecule has 3 nitrogen and oxygen atoms in total. The number of nitrogens with zero attached hydrogens (tertiary/aromatic N) is 1. The smallest absolute Gasteiger partial charge is 0.223 e. The lowest BCUT2D eigenvalue weighted by atomic mass is 9.85. The van der Waals surface area contributed by atoms with E-state index in [0.717, 1.165) is 19.6 Å². The van der Waals surface area contributed by atoms with E-state index >= 15 is 0 Å². The van der Waals surface area contributed by atoms with Gasteiger partial charge in [0.15, 0.2) is 0 Å². The van der Waals surface area contributed by atoms with Crippen molar-refractivity contribution in [3.8, 4) is 0 Å². The maximum atomic E-state index is 12.7. The van der Waals surface area contributed by atoms with Crippen LogP contribution in [0, 0.1) is 11.8 Å². The zero-order chi connectivity index (χ0) is 14.7. The third-order valence-corrected chi connectivity index (χ3v) is 5.71. The van der Waals surface area contributed by atoms with E-state index in [4.69, 9.17) is 0 Å². The topological polar surface area (TPSA) is 32.3 Å². The lowest BCUT2D eigenvalue weighted by Crippen LogP contribution is -2.37. The van der Waals surface area contributed by atoms with Gasteiger partial charge in [0.1, 0.15) is 0 Å². The van der Waals surface area contributed by atoms with Gasteiger partial charge in [0, 0.05) is 17.3 Å². The number of thiophene rings is 1. The molecule has 2 fully saturated rings. The van der Waals surface area contributed by atoms with Crippen LogP contribution in [-0.2, 0) is 11.3 Å². The van der Waals surface area contributed by atoms with Gasteiger partial charge in [-0.25, -0.2) is 0 Å². The van der Waals surface area contributed by atoms with Gasteiger partial charge >= 0.3 is 0 Å². The Morgan fingerprint density at radius 3 is 2.86 bits per heavy atom. The first-order valence-corrected chi connectivity index (χ1v) is 9.14. The maximum Gasteiger partial charge on any atom is 0.223 e. The van der Waals surface area contributed by atoms with Crippen LogP contribution in [0.15, 0.2) is 17.5 Å². The van der Waals surface area contributed by atoms with Gasteiger partial charge in [-0.3, -0.25) is 4.79 Å². The van der Waals surface area contributed by atoms with Gasteiger partial charge in [0.25, 0.3) is 0 Å². The predicted octanol–water partition coefficient (Wildman–Crippen LogP) is 3.69. The summed E-state index contributed by atoms with van der Waals surface area (Å²) in [6.07, 6.45) is 5.63. The Bertz CT molecular complexity index is 455. The van der Waals surface area contributed by atoms with Gasteiger partial charge in [-0.15, -0.1) is 23.7 Å². The summed E-state index contributed by atoms with van der Waals surface area (Å²) >= 11 is 1.76. The fraction of sp³-hybridized carbons (Fsp3) is 0.706. The van der Waals surface area contributed by atoms with Crippen LogP contribution < -0.4 is 5.32 Å². The lowest BCUT2D eigenvalue weighted by molar-refractivity contribution is -0.133. The summed E-state index contributed by atoms with van der Waals surface area (Å²) in [5.74, 6) is 1.53. The second-order valence-corrected chi connectivity index (χ2v) is 7.65. The molecule has 2 atom stereocenters. The highest BCUT2D eigenvalue weighted by molar-refractivity contribution is 7.09. The summed E-state index contributed by atoms with van der Waals surface area (Å²) in [5.41, 5.74) is 0. The van der Waals surface area contributed by atoms with Crippen molar-refractivity contribution >= 4 is 29.7 Å². The number of rotatable bonds is 6. The average Bonchev–Trinajstić information content (AvgIpc) is 3.21. The SMILES string of the molecule is CC(CC(=O)N(Cc1cccs1)C1CC1)C1CCCNC1.Cl. The van der Waals surface area contributed by atoms with Gasteiger partial charge in [0.05, 0.1) is 6.54 Å². The number of carbonyl (C=O) groups excluding carboxylic acids is 1. The van der Waals surface area contributed by atoms with Crippen molar-refractivity contribution in [3.63, 3.8) is 0 Å². The molecule has 3 rings (SSSR count). The number of hydrogen-bond donors (Lipinski definition) is 1. The highest BCUT2D eigenvalue weighted by Gasteiger charge is 2.34. The van der Waals surface area contributed by atoms with Crippen LogP contribution in [0.25, 0.3) is 0 Å². The molecule has 1 aliphatic heterocycles. The molecule has 0 aromatic carbocycles. The molecule has 1 saturated heterocycles. The van der Waals surface area contributed by atoms with E-state index in [1.54, 1.807) is 11.3 Å². The highest BCUT2D eigenvalue weighted by atomic mass is 35.5. The van der Waals surface area contributed by atoms with Crippen molar-refractivity contribution in [2.24, 2.45) is 11.8 Å². The third kappa shape index (κ3) is 4.71. The van der Waals surface area contributed by atoms with Crippen molar-refractivity contribution in [1.82, 2.24) is 10.2 Å². The molecule has 0 spiro atoms. The standard InChI is InChI=1S/C17H26N2OS.ClH/c1-13(14-4-2-8-18-11-14)10-17(20)19(15-6-7-15)12-16-5-3-9-21-16;/h3,5,9,13-15,18H,2,4,6-8,10-12H2,1H3;1H. The first kappa shape index (κ1) is 17.8. The number of amides is 1. The molecule has 124 valence electrons. The molecule has 2 unspecified atom stereocenters. The van der Waals surface area contributed by atoms with Crippen LogP contribution in [0.2, 0.25) is 0 Å². The normalized spacial score (nSPS) is 22.7. The minimum Gasteiger partial charge on any atom is -0.335 e. The van der Waals surface area contributed by atoms with Gasteiger partial charge in [0.2, 0.25) is 5.91 Å². The zero-order valence-corrected chi connectivity index (χ0v) is 14.9. The Labute approximate surface area is 143 Å². The van der Waals surface area contributed by atoms with Crippen molar-refractivity contribution in [2.45, 2.75) is 51.6 Å². The van der Waals surface area contributed by atoms with E-state index < -0.39 is 0 Å². The van der Waals surface area contributed by atoms with E-state index in [9.17, 15) is 4.79 Å². The fourth-order valence-corrected chi connectivity index (χ4v) is 4.00. The summed E-state index contributed by atoms with van der Waals surface area (Å²) < 4.78 is 0. The molecule has 1 saturated carbocycles. The summed E-state index contributed by atoms with van der Waals surface area (Å²) in [7, 11) is 0. The molecule has 1 aliphatic carbocycles. The minimum atomic E-state index is 0. The number of nitrogens with one attached hydrogen (secondary N) is 1. The van der Waals surface area contributed by atoms with Crippen LogP contribution in [0.1, 0.15) is 43.9 Å². The Balaban J connectivity index is 0.00000176. The molecular weight excluding hydrogens is 316 g/mol. The molecule has 2 aliphatic rings. The molecule has 5 heteroatoms. The van der Waals surface area contributed by atoms with Gasteiger partial charge in [-0.05, 0) is 62.1 Å². The number of piperidine rings is 1. The van der Waals surface area contributed by atoms with E-state index in [1.807, 2.05) is 0 Å². The molecular formula is C17H27ClN2OS. The number of halogens is 1. The highest BCUT2D eigenvalue weighted by Crippen LogP contribution is 2.31. The summed E-state index contributed by atoms with van der Waals surface area (Å²) in [6.45, 7) is 5.30. The molecule has 1 aromatic heterocycles. The van der Waals surface area contributed by atoms with Crippen LogP contribution in [0.5, 0.6) is 0 Å². The summed E-state index contributed by atoms with van der Waals surface area (Å²) in [6, 6.07) is 4.73. The molecule has 1 aromatic rings. The summed E-state index contributed by atoms with van der Waals surface area (Å²) in [4.78, 5) is 16.2. The number of carbonyl (C=O) groups is 1. The van der Waals surface area contributed by atoms with E-state index in [2.05, 4.69) is 34.7 Å². The van der Waals surface area contributed by atoms with Crippen LogP contribution in [-0.4, -0.2) is 29.9 Å². The quantitative estimate of drug-likeness (QED) is 0.855. The summed E-state index contributed by atoms with van der Waals surface area (Å²) in [5, 5.41) is 5.56. The first-order chi connectivity index (χ1) is 10.2. The molecule has 0 bridgehead atoms. The molecule has 0 radical (unpaired) electrons. The van der Waals surface area contributed by atoms with Crippen molar-refractivity contribution in [1.29, 1.82) is 0 Å². The van der Waals surface area contributed by atoms with Crippen LogP contribution >= 0.6 is 23.7 Å². The van der Waals surface area contributed by atoms with E-state index in [0.29, 0.717) is 30.2 Å². The molecule has 2 heterocycles. The van der Waals surface area contributed by atoms with E-state index in [1.165, 1.54) is 30.6 Å². The van der Waals surface area contributed by atoms with Crippen molar-refractivity contribution < 1.29 is 4.79 Å². The largest absolute Gasteiger partial charge is 0.335 e. The zero-order valence-electron chi connectivity index (χ0n) is 13.3. The number of hydrogen-bond acceptors (Lipinski definition) is 3. The lowest BCUT2D eigenvalue weighted by Gasteiger charge is -2.30. The second-order valence-electron chi connectivity index (χ2n) is 6.62. The average molecular weight is 343 g/mol. The van der Waals surface area contributed by atoms with Crippen molar-refractivity contribution in [3.05, 3.63) is 22.4 Å². The van der Waals surface area contributed by atoms with Gasteiger partial charge < -0.3 is 10.2 Å². The predicted molar refractivity (Wildman–Crippen MR) is 94.5 cm³/mol. The van der Waals surface area contributed by atoms with Crippen molar-refractivity contribution in [2.75, 3.05) is 13.1 Å². The fourth-order valence-electron chi connectivity index (χ4n) is 3.30. The monoisotopic (exact) mass is 342 g/mol. The van der Waals surface area contributed by atoms with Gasteiger partial charge in [-0.1, -0.05) is 13.0 Å². The van der Waals surface area contributed by atoms with Gasteiger partial charge in [-0.2, -0.15) is 0 Å². The molecule has 1 N–H and O–H groups in total. The first-order valence-electron chi connectivity index (χ1n) is 8.26. The third-order valence-electron chi connectivity index (χ3n) is 4.85. The molecule has 1 amide bonds. The Morgan fingerprint density at radius 1 is 1.45 bits per heavy atom. The minimum absolute atomic E-state index is 0. The Hall–Kier alpha value is -0.580. The Kier molecular flexibility index (Phi) is 6.72. The van der Waals surface area contributed by atoms with Crippen LogP contribution in [0.4, 0.5) is 0 Å².